The van der Waals surface area contributed by atoms with Gasteiger partial charge in [0.25, 0.3) is 15.9 Å². The van der Waals surface area contributed by atoms with Gasteiger partial charge in [0.1, 0.15) is 0 Å². The van der Waals surface area contributed by atoms with Gasteiger partial charge in [-0.3, -0.25) is 4.79 Å². The monoisotopic (exact) mass is 469 g/mol. The molecular weight excluding hydrogens is 442 g/mol. The van der Waals surface area contributed by atoms with E-state index in [1.54, 1.807) is 42.5 Å². The highest BCUT2D eigenvalue weighted by Crippen LogP contribution is 2.31. The van der Waals surface area contributed by atoms with E-state index in [9.17, 15) is 13.2 Å². The summed E-state index contributed by atoms with van der Waals surface area (Å²) in [5, 5.41) is 0. The normalized spacial score (nSPS) is 11.2. The molecule has 4 aromatic carbocycles. The molecule has 4 aromatic rings. The van der Waals surface area contributed by atoms with Crippen LogP contribution in [0.15, 0.2) is 108 Å². The Bertz CT molecular complexity index is 1400. The lowest BCUT2D eigenvalue weighted by atomic mass is 9.99. The molecule has 5 heteroatoms. The molecule has 34 heavy (non-hydrogen) atoms. The average Bonchev–Trinajstić information content (AvgIpc) is 2.86. The van der Waals surface area contributed by atoms with Crippen molar-refractivity contribution in [3.05, 3.63) is 131 Å². The molecule has 0 fully saturated rings. The number of benzene rings is 4. The quantitative estimate of drug-likeness (QED) is 0.327. The molecule has 0 radical (unpaired) electrons. The SMILES string of the molecule is Cc1cccc(N(C(=O)c2ccccc2CCc2ccccc2)S(=O)(=O)c2ccccc2)c1C. The van der Waals surface area contributed by atoms with Crippen molar-refractivity contribution in [2.75, 3.05) is 4.31 Å². The van der Waals surface area contributed by atoms with Gasteiger partial charge in [-0.25, -0.2) is 8.42 Å². The van der Waals surface area contributed by atoms with Crippen molar-refractivity contribution in [1.82, 2.24) is 0 Å². The molecule has 0 aliphatic rings. The summed E-state index contributed by atoms with van der Waals surface area (Å²) < 4.78 is 28.6. The fraction of sp³-hybridized carbons (Fsp3) is 0.138. The summed E-state index contributed by atoms with van der Waals surface area (Å²) in [6.45, 7) is 3.75. The molecule has 0 bridgehead atoms. The van der Waals surface area contributed by atoms with Gasteiger partial charge in [0.2, 0.25) is 0 Å². The van der Waals surface area contributed by atoms with Crippen LogP contribution in [0.1, 0.15) is 32.6 Å². The maximum atomic E-state index is 14.0. The first-order valence-corrected chi connectivity index (χ1v) is 12.7. The Kier molecular flexibility index (Phi) is 6.94. The van der Waals surface area contributed by atoms with E-state index in [2.05, 4.69) is 0 Å². The van der Waals surface area contributed by atoms with Crippen LogP contribution in [0.3, 0.4) is 0 Å². The Labute approximate surface area is 201 Å². The topological polar surface area (TPSA) is 54.5 Å². The fourth-order valence-electron chi connectivity index (χ4n) is 3.98. The predicted octanol–water partition coefficient (Wildman–Crippen LogP) is 6.12. The van der Waals surface area contributed by atoms with E-state index in [0.29, 0.717) is 17.7 Å². The van der Waals surface area contributed by atoms with Crippen molar-refractivity contribution in [3.63, 3.8) is 0 Å². The number of anilines is 1. The third-order valence-electron chi connectivity index (χ3n) is 6.03. The van der Waals surface area contributed by atoms with Gasteiger partial charge in [-0.1, -0.05) is 78.9 Å². The van der Waals surface area contributed by atoms with Crippen molar-refractivity contribution < 1.29 is 13.2 Å². The number of hydrogen-bond acceptors (Lipinski definition) is 3. The number of carbonyl (C=O) groups is 1. The summed E-state index contributed by atoms with van der Waals surface area (Å²) in [6.07, 6.45) is 1.37. The lowest BCUT2D eigenvalue weighted by molar-refractivity contribution is 0.100. The van der Waals surface area contributed by atoms with Crippen LogP contribution in [0.25, 0.3) is 0 Å². The molecule has 0 aromatic heterocycles. The van der Waals surface area contributed by atoms with E-state index in [1.807, 2.05) is 62.4 Å². The Morgan fingerprint density at radius 3 is 2.03 bits per heavy atom. The molecule has 0 saturated carbocycles. The Morgan fingerprint density at radius 1 is 0.706 bits per heavy atom. The Morgan fingerprint density at radius 2 is 1.32 bits per heavy atom. The number of rotatable bonds is 7. The van der Waals surface area contributed by atoms with Crippen LogP contribution in [0, 0.1) is 13.8 Å². The third kappa shape index (κ3) is 4.80. The van der Waals surface area contributed by atoms with Gasteiger partial charge in [-0.2, -0.15) is 4.31 Å². The Balaban J connectivity index is 1.80. The molecular formula is C29H27NO3S. The summed E-state index contributed by atoms with van der Waals surface area (Å²) in [5.74, 6) is -0.554. The number of aryl methyl sites for hydroxylation is 3. The minimum atomic E-state index is -4.14. The Hall–Kier alpha value is -3.70. The summed E-state index contributed by atoms with van der Waals surface area (Å²) in [7, 11) is -4.14. The highest BCUT2D eigenvalue weighted by molar-refractivity contribution is 7.93. The lowest BCUT2D eigenvalue weighted by Gasteiger charge is -2.26. The molecule has 0 atom stereocenters. The predicted molar refractivity (Wildman–Crippen MR) is 137 cm³/mol. The minimum Gasteiger partial charge on any atom is -0.268 e. The summed E-state index contributed by atoms with van der Waals surface area (Å²) >= 11 is 0. The molecule has 4 rings (SSSR count). The van der Waals surface area contributed by atoms with Gasteiger partial charge < -0.3 is 0 Å². The molecule has 0 N–H and O–H groups in total. The highest BCUT2D eigenvalue weighted by atomic mass is 32.2. The number of sulfonamides is 1. The summed E-state index contributed by atoms with van der Waals surface area (Å²) in [5.41, 5.74) is 4.39. The zero-order valence-corrected chi connectivity index (χ0v) is 20.1. The maximum Gasteiger partial charge on any atom is 0.272 e. The molecule has 0 heterocycles. The zero-order chi connectivity index (χ0) is 24.1. The molecule has 0 unspecified atom stereocenters. The molecule has 4 nitrogen and oxygen atoms in total. The van der Waals surface area contributed by atoms with Gasteiger partial charge in [0.15, 0.2) is 0 Å². The number of nitrogens with zero attached hydrogens (tertiary/aromatic N) is 1. The summed E-state index contributed by atoms with van der Waals surface area (Å²) in [4.78, 5) is 14.1. The molecule has 172 valence electrons. The fourth-order valence-corrected chi connectivity index (χ4v) is 5.47. The summed E-state index contributed by atoms with van der Waals surface area (Å²) in [6, 6.07) is 30.8. The van der Waals surface area contributed by atoms with E-state index in [4.69, 9.17) is 0 Å². The van der Waals surface area contributed by atoms with Crippen LogP contribution in [-0.2, 0) is 22.9 Å². The van der Waals surface area contributed by atoms with Crippen molar-refractivity contribution in [1.29, 1.82) is 0 Å². The smallest absolute Gasteiger partial charge is 0.268 e. The van der Waals surface area contributed by atoms with Crippen molar-refractivity contribution in [2.24, 2.45) is 0 Å². The van der Waals surface area contributed by atoms with Crippen molar-refractivity contribution in [2.45, 2.75) is 31.6 Å². The number of hydrogen-bond donors (Lipinski definition) is 0. The first-order valence-electron chi connectivity index (χ1n) is 11.2. The van der Waals surface area contributed by atoms with Gasteiger partial charge in [-0.15, -0.1) is 0 Å². The van der Waals surface area contributed by atoms with E-state index < -0.39 is 15.9 Å². The molecule has 1 amide bonds. The lowest BCUT2D eigenvalue weighted by Crippen LogP contribution is -2.38. The first kappa shape index (κ1) is 23.5. The van der Waals surface area contributed by atoms with E-state index in [1.165, 1.54) is 12.1 Å². The number of amides is 1. The molecule has 0 aliphatic heterocycles. The van der Waals surface area contributed by atoms with Crippen LogP contribution in [0.4, 0.5) is 5.69 Å². The molecule has 0 aliphatic carbocycles. The first-order chi connectivity index (χ1) is 16.4. The van der Waals surface area contributed by atoms with E-state index >= 15 is 0 Å². The molecule has 0 spiro atoms. The zero-order valence-electron chi connectivity index (χ0n) is 19.3. The van der Waals surface area contributed by atoms with E-state index in [-0.39, 0.29) is 4.90 Å². The second kappa shape index (κ2) is 10.1. The van der Waals surface area contributed by atoms with Crippen LogP contribution >= 0.6 is 0 Å². The largest absolute Gasteiger partial charge is 0.272 e. The average molecular weight is 470 g/mol. The second-order valence-electron chi connectivity index (χ2n) is 8.25. The third-order valence-corrected chi connectivity index (χ3v) is 7.75. The van der Waals surface area contributed by atoms with Crippen molar-refractivity contribution >= 4 is 21.6 Å². The maximum absolute atomic E-state index is 14.0. The second-order valence-corrected chi connectivity index (χ2v) is 10.0. The van der Waals surface area contributed by atoms with Gasteiger partial charge in [0, 0.05) is 5.56 Å². The highest BCUT2D eigenvalue weighted by Gasteiger charge is 2.33. The number of carbonyl (C=O) groups excluding carboxylic acids is 1. The van der Waals surface area contributed by atoms with Crippen molar-refractivity contribution in [3.8, 4) is 0 Å². The van der Waals surface area contributed by atoms with Gasteiger partial charge in [0.05, 0.1) is 10.6 Å². The van der Waals surface area contributed by atoms with Crippen LogP contribution in [0.2, 0.25) is 0 Å². The standard InChI is InChI=1S/C29H27NO3S/c1-22-12-11-19-28(23(22)2)30(34(32,33)26-16-7-4-8-17-26)29(31)27-18-10-9-15-25(27)21-20-24-13-5-3-6-14-24/h3-19H,20-21H2,1-2H3. The van der Waals surface area contributed by atoms with Crippen LogP contribution in [0.5, 0.6) is 0 Å². The minimum absolute atomic E-state index is 0.0750. The van der Waals surface area contributed by atoms with Gasteiger partial charge in [-0.05, 0) is 73.2 Å². The molecule has 0 saturated heterocycles. The van der Waals surface area contributed by atoms with Crippen LogP contribution < -0.4 is 4.31 Å². The van der Waals surface area contributed by atoms with E-state index in [0.717, 1.165) is 33.0 Å². The van der Waals surface area contributed by atoms with Crippen LogP contribution in [-0.4, -0.2) is 14.3 Å². The van der Waals surface area contributed by atoms with Gasteiger partial charge >= 0.3 is 0 Å².